The van der Waals surface area contributed by atoms with Gasteiger partial charge in [0.25, 0.3) is 5.91 Å². The minimum Gasteiger partial charge on any atom is -0.497 e. The van der Waals surface area contributed by atoms with Crippen molar-refractivity contribution < 1.29 is 9.53 Å². The number of aromatic nitrogens is 3. The van der Waals surface area contributed by atoms with Gasteiger partial charge in [-0.05, 0) is 67.1 Å². The van der Waals surface area contributed by atoms with Gasteiger partial charge < -0.3 is 10.1 Å². The fraction of sp³-hybridized carbons (Fsp3) is 0.0952. The van der Waals surface area contributed by atoms with Crippen LogP contribution in [-0.2, 0) is 0 Å². The molecule has 0 unspecified atom stereocenters. The molecule has 0 spiro atoms. The monoisotopic (exact) mass is 436 g/mol. The van der Waals surface area contributed by atoms with E-state index in [1.165, 1.54) is 0 Å². The van der Waals surface area contributed by atoms with E-state index in [0.717, 1.165) is 27.0 Å². The van der Waals surface area contributed by atoms with Crippen LogP contribution in [0.4, 0.5) is 5.69 Å². The highest BCUT2D eigenvalue weighted by molar-refractivity contribution is 9.10. The number of halogens is 1. The van der Waals surface area contributed by atoms with Crippen LogP contribution < -0.4 is 10.1 Å². The summed E-state index contributed by atoms with van der Waals surface area (Å²) >= 11 is 3.39. The molecule has 4 aromatic rings. The number of methoxy groups -OCH3 is 1. The number of hydrogen-bond acceptors (Lipinski definition) is 4. The Balaban J connectivity index is 1.65. The van der Waals surface area contributed by atoms with Crippen LogP contribution in [0.3, 0.4) is 0 Å². The summed E-state index contributed by atoms with van der Waals surface area (Å²) in [7, 11) is 1.63. The zero-order chi connectivity index (χ0) is 19.7. The molecular formula is C21H17BrN4O2. The predicted octanol–water partition coefficient (Wildman–Crippen LogP) is 4.75. The molecule has 1 aromatic heterocycles. The molecular weight excluding hydrogens is 420 g/mol. The number of carbonyl (C=O) groups is 1. The van der Waals surface area contributed by atoms with Crippen molar-refractivity contribution in [3.8, 4) is 11.4 Å². The molecule has 1 heterocycles. The van der Waals surface area contributed by atoms with Crippen molar-refractivity contribution >= 4 is 38.6 Å². The van der Waals surface area contributed by atoms with Gasteiger partial charge in [0.1, 0.15) is 16.8 Å². The van der Waals surface area contributed by atoms with Crippen LogP contribution >= 0.6 is 15.9 Å². The smallest absolute Gasteiger partial charge is 0.255 e. The number of hydrogen-bond donors (Lipinski definition) is 1. The molecule has 3 aromatic carbocycles. The minimum atomic E-state index is -0.175. The SMILES string of the molecule is COc1ccc(-n2nc3cc(C)c(NC(=O)c4cccc(Br)c4)cc3n2)cc1. The third-order valence-corrected chi connectivity index (χ3v) is 4.86. The molecule has 0 aliphatic carbocycles. The Morgan fingerprint density at radius 3 is 2.43 bits per heavy atom. The Morgan fingerprint density at radius 2 is 1.75 bits per heavy atom. The lowest BCUT2D eigenvalue weighted by atomic mass is 10.1. The van der Waals surface area contributed by atoms with Crippen molar-refractivity contribution in [1.29, 1.82) is 0 Å². The van der Waals surface area contributed by atoms with E-state index in [-0.39, 0.29) is 5.91 Å². The summed E-state index contributed by atoms with van der Waals surface area (Å²) in [5.41, 5.74) is 4.49. The highest BCUT2D eigenvalue weighted by Gasteiger charge is 2.12. The molecule has 140 valence electrons. The lowest BCUT2D eigenvalue weighted by Gasteiger charge is -2.08. The van der Waals surface area contributed by atoms with E-state index in [1.54, 1.807) is 24.0 Å². The van der Waals surface area contributed by atoms with Crippen molar-refractivity contribution in [3.63, 3.8) is 0 Å². The fourth-order valence-corrected chi connectivity index (χ4v) is 3.26. The lowest BCUT2D eigenvalue weighted by molar-refractivity contribution is 0.102. The van der Waals surface area contributed by atoms with Gasteiger partial charge in [-0.25, -0.2) is 0 Å². The first-order chi connectivity index (χ1) is 13.5. The fourth-order valence-electron chi connectivity index (χ4n) is 2.86. The number of amides is 1. The third-order valence-electron chi connectivity index (χ3n) is 4.36. The van der Waals surface area contributed by atoms with E-state index >= 15 is 0 Å². The van der Waals surface area contributed by atoms with Gasteiger partial charge in [-0.2, -0.15) is 4.80 Å². The van der Waals surface area contributed by atoms with Crippen LogP contribution in [-0.4, -0.2) is 28.0 Å². The summed E-state index contributed by atoms with van der Waals surface area (Å²) < 4.78 is 6.04. The molecule has 0 aliphatic heterocycles. The van der Waals surface area contributed by atoms with Gasteiger partial charge >= 0.3 is 0 Å². The molecule has 0 aliphatic rings. The number of nitrogens with one attached hydrogen (secondary N) is 1. The van der Waals surface area contributed by atoms with E-state index in [1.807, 2.05) is 55.5 Å². The molecule has 0 atom stereocenters. The third kappa shape index (κ3) is 3.61. The summed E-state index contributed by atoms with van der Waals surface area (Å²) in [5, 5.41) is 12.0. The predicted molar refractivity (Wildman–Crippen MR) is 112 cm³/mol. The maximum absolute atomic E-state index is 12.6. The molecule has 28 heavy (non-hydrogen) atoms. The maximum Gasteiger partial charge on any atom is 0.255 e. The van der Waals surface area contributed by atoms with Crippen molar-refractivity contribution in [3.05, 3.63) is 76.3 Å². The highest BCUT2D eigenvalue weighted by atomic mass is 79.9. The number of nitrogens with zero attached hydrogens (tertiary/aromatic N) is 3. The Bertz CT molecular complexity index is 1170. The minimum absolute atomic E-state index is 0.175. The summed E-state index contributed by atoms with van der Waals surface area (Å²) in [6.45, 7) is 1.93. The molecule has 0 saturated carbocycles. The summed E-state index contributed by atoms with van der Waals surface area (Å²) in [6.07, 6.45) is 0. The number of ether oxygens (including phenoxy) is 1. The topological polar surface area (TPSA) is 69.0 Å². The number of fused-ring (bicyclic) bond motifs is 1. The van der Waals surface area contributed by atoms with Gasteiger partial charge in [-0.15, -0.1) is 10.2 Å². The van der Waals surface area contributed by atoms with Crippen LogP contribution in [0.1, 0.15) is 15.9 Å². The average Bonchev–Trinajstić information content (AvgIpc) is 3.11. The zero-order valence-electron chi connectivity index (χ0n) is 15.3. The Morgan fingerprint density at radius 1 is 1.04 bits per heavy atom. The number of benzene rings is 3. The standard InChI is InChI=1S/C21H17BrN4O2/c1-13-10-19-20(25-26(24-19)16-6-8-17(28-2)9-7-16)12-18(13)23-21(27)14-4-3-5-15(22)11-14/h3-12H,1-2H3,(H,23,27). The first-order valence-electron chi connectivity index (χ1n) is 8.62. The van der Waals surface area contributed by atoms with Gasteiger partial charge in [-0.3, -0.25) is 4.79 Å². The first-order valence-corrected chi connectivity index (χ1v) is 9.42. The molecule has 0 saturated heterocycles. The second kappa shape index (κ2) is 7.44. The summed E-state index contributed by atoms with van der Waals surface area (Å²) in [6, 6.07) is 18.5. The molecule has 0 radical (unpaired) electrons. The number of carbonyl (C=O) groups excluding carboxylic acids is 1. The van der Waals surface area contributed by atoms with Crippen molar-refractivity contribution in [2.45, 2.75) is 6.92 Å². The molecule has 1 amide bonds. The normalized spacial score (nSPS) is 10.8. The number of aryl methyl sites for hydroxylation is 1. The maximum atomic E-state index is 12.6. The van der Waals surface area contributed by atoms with Crippen LogP contribution in [0.25, 0.3) is 16.7 Å². The van der Waals surface area contributed by atoms with Gasteiger partial charge in [0.05, 0.1) is 12.8 Å². The van der Waals surface area contributed by atoms with E-state index in [9.17, 15) is 4.79 Å². The summed E-state index contributed by atoms with van der Waals surface area (Å²) in [4.78, 5) is 14.1. The molecule has 0 bridgehead atoms. The van der Waals surface area contributed by atoms with E-state index in [4.69, 9.17) is 4.74 Å². The molecule has 0 fully saturated rings. The van der Waals surface area contributed by atoms with Gasteiger partial charge in [0.15, 0.2) is 0 Å². The highest BCUT2D eigenvalue weighted by Crippen LogP contribution is 2.23. The second-order valence-electron chi connectivity index (χ2n) is 6.31. The van der Waals surface area contributed by atoms with Gasteiger partial charge in [-0.1, -0.05) is 22.0 Å². The van der Waals surface area contributed by atoms with E-state index < -0.39 is 0 Å². The second-order valence-corrected chi connectivity index (χ2v) is 7.22. The average molecular weight is 437 g/mol. The Labute approximate surface area is 170 Å². The molecule has 1 N–H and O–H groups in total. The molecule has 4 rings (SSSR count). The van der Waals surface area contributed by atoms with Crippen molar-refractivity contribution in [2.75, 3.05) is 12.4 Å². The Kier molecular flexibility index (Phi) is 4.83. The Hall–Kier alpha value is -3.19. The van der Waals surface area contributed by atoms with E-state index in [2.05, 4.69) is 31.4 Å². The van der Waals surface area contributed by atoms with Crippen LogP contribution in [0.5, 0.6) is 5.75 Å². The van der Waals surface area contributed by atoms with Crippen LogP contribution in [0.2, 0.25) is 0 Å². The lowest BCUT2D eigenvalue weighted by Crippen LogP contribution is -2.12. The number of anilines is 1. The first kappa shape index (κ1) is 18.2. The quantitative estimate of drug-likeness (QED) is 0.500. The zero-order valence-corrected chi connectivity index (χ0v) is 16.9. The van der Waals surface area contributed by atoms with Crippen LogP contribution in [0.15, 0.2) is 65.1 Å². The van der Waals surface area contributed by atoms with Crippen molar-refractivity contribution in [1.82, 2.24) is 15.0 Å². The van der Waals surface area contributed by atoms with Crippen molar-refractivity contribution in [2.24, 2.45) is 0 Å². The molecule has 6 nitrogen and oxygen atoms in total. The van der Waals surface area contributed by atoms with Gasteiger partial charge in [0, 0.05) is 15.7 Å². The van der Waals surface area contributed by atoms with Crippen LogP contribution in [0, 0.1) is 6.92 Å². The molecule has 7 heteroatoms. The summed E-state index contributed by atoms with van der Waals surface area (Å²) in [5.74, 6) is 0.597. The van der Waals surface area contributed by atoms with Gasteiger partial charge in [0.2, 0.25) is 0 Å². The largest absolute Gasteiger partial charge is 0.497 e. The van der Waals surface area contributed by atoms with E-state index in [0.29, 0.717) is 16.8 Å². The number of rotatable bonds is 4.